The van der Waals surface area contributed by atoms with Crippen LogP contribution in [0, 0.1) is 5.92 Å². The largest absolute Gasteiger partial charge is 0.248 e. The van der Waals surface area contributed by atoms with Gasteiger partial charge in [-0.1, -0.05) is 159 Å². The molecule has 0 aliphatic heterocycles. The van der Waals surface area contributed by atoms with Crippen molar-refractivity contribution in [3.63, 3.8) is 0 Å². The first-order valence-corrected chi connectivity index (χ1v) is 18.8. The number of rotatable bonds is 3. The van der Waals surface area contributed by atoms with Gasteiger partial charge in [0, 0.05) is 16.9 Å². The Bertz CT molecular complexity index is 3050. The molecular formula is C52H37N. The number of nitrogens with zero attached hydrogens (tertiary/aromatic N) is 1. The van der Waals surface area contributed by atoms with Crippen molar-refractivity contribution in [2.75, 3.05) is 0 Å². The summed E-state index contributed by atoms with van der Waals surface area (Å²) >= 11 is 0. The van der Waals surface area contributed by atoms with Gasteiger partial charge in [-0.15, -0.1) is 0 Å². The monoisotopic (exact) mass is 675 g/mol. The third-order valence-corrected chi connectivity index (χ3v) is 12.3. The molecule has 250 valence electrons. The van der Waals surface area contributed by atoms with Crippen LogP contribution in [-0.2, 0) is 5.41 Å². The van der Waals surface area contributed by atoms with Crippen LogP contribution in [0.25, 0.3) is 87.5 Å². The van der Waals surface area contributed by atoms with Crippen molar-refractivity contribution in [1.82, 2.24) is 4.98 Å². The second-order valence-corrected chi connectivity index (χ2v) is 15.5. The van der Waals surface area contributed by atoms with Crippen LogP contribution in [0.1, 0.15) is 30.9 Å². The zero-order valence-corrected chi connectivity index (χ0v) is 29.8. The molecule has 8 aromatic carbocycles. The van der Waals surface area contributed by atoms with Gasteiger partial charge >= 0.3 is 0 Å². The Kier molecular flexibility index (Phi) is 6.49. The third kappa shape index (κ3) is 4.47. The van der Waals surface area contributed by atoms with Gasteiger partial charge in [0.15, 0.2) is 0 Å². The second kappa shape index (κ2) is 11.3. The molecule has 0 fully saturated rings. The fraction of sp³-hybridized carbons (Fsp3) is 0.0962. The maximum absolute atomic E-state index is 5.31. The molecule has 2 aliphatic rings. The van der Waals surface area contributed by atoms with Crippen LogP contribution in [0.4, 0.5) is 0 Å². The SMILES string of the molecule is CC1(C)c2cc(-c3c4ccccc4c(-c4ccc5ccccc5n4)c4ccc(-c5ccc6ccccc6c5)cc34)c3ccccc3c2C2C=CC=CC21. The van der Waals surface area contributed by atoms with Crippen LogP contribution in [0.2, 0.25) is 0 Å². The average molecular weight is 676 g/mol. The summed E-state index contributed by atoms with van der Waals surface area (Å²) in [4.78, 5) is 5.31. The molecule has 0 amide bonds. The van der Waals surface area contributed by atoms with Gasteiger partial charge < -0.3 is 0 Å². The fourth-order valence-corrected chi connectivity index (χ4v) is 9.75. The maximum atomic E-state index is 5.31. The summed E-state index contributed by atoms with van der Waals surface area (Å²) in [7, 11) is 0. The number of benzene rings is 8. The lowest BCUT2D eigenvalue weighted by atomic mass is 9.74. The summed E-state index contributed by atoms with van der Waals surface area (Å²) in [6.45, 7) is 4.89. The van der Waals surface area contributed by atoms with Gasteiger partial charge in [0.25, 0.3) is 0 Å². The lowest BCUT2D eigenvalue weighted by Crippen LogP contribution is -2.24. The fourth-order valence-electron chi connectivity index (χ4n) is 9.75. The smallest absolute Gasteiger partial charge is 0.0722 e. The number of pyridine rings is 1. The van der Waals surface area contributed by atoms with Crippen molar-refractivity contribution in [2.45, 2.75) is 25.2 Å². The molecule has 1 heteroatoms. The molecule has 1 nitrogen and oxygen atoms in total. The van der Waals surface area contributed by atoms with Crippen molar-refractivity contribution < 1.29 is 0 Å². The molecule has 11 rings (SSSR count). The standard InChI is InChI=1S/C52H37N/c1-52(2)45-21-11-10-20-42(45)50-38-17-7-6-16-37(38)44(31-46(50)52)49-39-18-8-9-19-40(39)51(48-28-26-33-14-5-12-22-47(33)53-48)41-27-25-36(30-43(41)49)35-24-23-32-13-3-4-15-34(32)29-35/h3-31,42,45H,1-2H3. The van der Waals surface area contributed by atoms with Crippen molar-refractivity contribution in [1.29, 1.82) is 0 Å². The molecule has 0 bridgehead atoms. The van der Waals surface area contributed by atoms with E-state index in [1.165, 1.54) is 82.0 Å². The van der Waals surface area contributed by atoms with Gasteiger partial charge in [0.2, 0.25) is 0 Å². The predicted molar refractivity (Wildman–Crippen MR) is 226 cm³/mol. The first-order valence-electron chi connectivity index (χ1n) is 18.8. The minimum atomic E-state index is -0.0170. The minimum absolute atomic E-state index is 0.0170. The molecule has 1 heterocycles. The highest BCUT2D eigenvalue weighted by atomic mass is 14.7. The molecule has 0 radical (unpaired) electrons. The molecule has 0 saturated heterocycles. The van der Waals surface area contributed by atoms with E-state index in [1.54, 1.807) is 0 Å². The number of hydrogen-bond donors (Lipinski definition) is 0. The lowest BCUT2D eigenvalue weighted by molar-refractivity contribution is 0.394. The molecule has 1 aromatic heterocycles. The van der Waals surface area contributed by atoms with Crippen molar-refractivity contribution in [3.8, 4) is 33.5 Å². The Balaban J connectivity index is 1.28. The van der Waals surface area contributed by atoms with E-state index >= 15 is 0 Å². The molecule has 0 N–H and O–H groups in total. The van der Waals surface area contributed by atoms with Gasteiger partial charge in [0.1, 0.15) is 0 Å². The summed E-state index contributed by atoms with van der Waals surface area (Å²) in [6.07, 6.45) is 9.35. The van der Waals surface area contributed by atoms with E-state index in [9.17, 15) is 0 Å². The predicted octanol–water partition coefficient (Wildman–Crippen LogP) is 14.0. The van der Waals surface area contributed by atoms with Crippen molar-refractivity contribution >= 4 is 54.0 Å². The number of allylic oxidation sites excluding steroid dienone is 4. The molecule has 2 aliphatic carbocycles. The highest BCUT2D eigenvalue weighted by Gasteiger charge is 2.45. The van der Waals surface area contributed by atoms with E-state index in [-0.39, 0.29) is 5.41 Å². The first-order chi connectivity index (χ1) is 26.0. The number of para-hydroxylation sites is 1. The minimum Gasteiger partial charge on any atom is -0.248 e. The topological polar surface area (TPSA) is 12.9 Å². The summed E-state index contributed by atoms with van der Waals surface area (Å²) in [5.74, 6) is 0.800. The Hall–Kier alpha value is -6.31. The highest BCUT2D eigenvalue weighted by Crippen LogP contribution is 2.57. The van der Waals surface area contributed by atoms with Gasteiger partial charge in [0.05, 0.1) is 11.2 Å². The van der Waals surface area contributed by atoms with Gasteiger partial charge in [-0.2, -0.15) is 0 Å². The molecule has 2 unspecified atom stereocenters. The van der Waals surface area contributed by atoms with Gasteiger partial charge in [-0.05, 0) is 118 Å². The van der Waals surface area contributed by atoms with Crippen molar-refractivity contribution in [3.05, 3.63) is 187 Å². The number of fused-ring (bicyclic) bond motifs is 9. The second-order valence-electron chi connectivity index (χ2n) is 15.5. The Labute approximate surface area is 309 Å². The van der Waals surface area contributed by atoms with E-state index in [1.807, 2.05) is 0 Å². The zero-order chi connectivity index (χ0) is 35.3. The van der Waals surface area contributed by atoms with Crippen LogP contribution >= 0.6 is 0 Å². The number of aromatic nitrogens is 1. The Morgan fingerprint density at radius 1 is 0.472 bits per heavy atom. The van der Waals surface area contributed by atoms with Crippen molar-refractivity contribution in [2.24, 2.45) is 5.92 Å². The maximum Gasteiger partial charge on any atom is 0.0722 e. The third-order valence-electron chi connectivity index (χ3n) is 12.3. The summed E-state index contributed by atoms with van der Waals surface area (Å²) in [5, 5.41) is 11.3. The van der Waals surface area contributed by atoms with E-state index in [0.717, 1.165) is 16.6 Å². The van der Waals surface area contributed by atoms with E-state index in [0.29, 0.717) is 11.8 Å². The summed E-state index contributed by atoms with van der Waals surface area (Å²) in [5.41, 5.74) is 11.1. The van der Waals surface area contributed by atoms with Crippen LogP contribution in [0.3, 0.4) is 0 Å². The van der Waals surface area contributed by atoms with Crippen LogP contribution in [0.5, 0.6) is 0 Å². The molecule has 53 heavy (non-hydrogen) atoms. The van der Waals surface area contributed by atoms with E-state index in [2.05, 4.69) is 190 Å². The normalized spacial score (nSPS) is 17.2. The molecule has 0 spiro atoms. The first kappa shape index (κ1) is 30.3. The van der Waals surface area contributed by atoms with Crippen LogP contribution < -0.4 is 0 Å². The average Bonchev–Trinajstić information content (AvgIpc) is 3.45. The Morgan fingerprint density at radius 3 is 1.94 bits per heavy atom. The zero-order valence-electron chi connectivity index (χ0n) is 29.8. The quantitative estimate of drug-likeness (QED) is 0.170. The van der Waals surface area contributed by atoms with Crippen LogP contribution in [-0.4, -0.2) is 4.98 Å². The molecule has 2 atom stereocenters. The highest BCUT2D eigenvalue weighted by molar-refractivity contribution is 6.24. The molecule has 0 saturated carbocycles. The Morgan fingerprint density at radius 2 is 1.09 bits per heavy atom. The molecule has 9 aromatic rings. The van der Waals surface area contributed by atoms with E-state index < -0.39 is 0 Å². The summed E-state index contributed by atoms with van der Waals surface area (Å²) < 4.78 is 0. The van der Waals surface area contributed by atoms with Crippen LogP contribution in [0.15, 0.2) is 176 Å². The van der Waals surface area contributed by atoms with Gasteiger partial charge in [-0.3, -0.25) is 0 Å². The van der Waals surface area contributed by atoms with Gasteiger partial charge in [-0.25, -0.2) is 4.98 Å². The summed E-state index contributed by atoms with van der Waals surface area (Å²) in [6, 6.07) is 56.2. The van der Waals surface area contributed by atoms with E-state index in [4.69, 9.17) is 4.98 Å². The number of hydrogen-bond acceptors (Lipinski definition) is 1. The lowest BCUT2D eigenvalue weighted by Gasteiger charge is -2.29. The molecular weight excluding hydrogens is 639 g/mol.